The Bertz CT molecular complexity index is 431. The normalized spacial score (nSPS) is 11.6. The summed E-state index contributed by atoms with van der Waals surface area (Å²) in [5.41, 5.74) is 0.744. The van der Waals surface area contributed by atoms with E-state index in [4.69, 9.17) is 16.9 Å². The van der Waals surface area contributed by atoms with E-state index in [0.29, 0.717) is 5.75 Å². The molecular weight excluding hydrogens is 256 g/mol. The molecule has 0 saturated heterocycles. The number of para-hydroxylation sites is 1. The molecule has 0 aliphatic rings. The number of thioether (sulfide) groups is 1. The van der Waals surface area contributed by atoms with Crippen molar-refractivity contribution in [1.82, 2.24) is 0 Å². The second-order valence-electron chi connectivity index (χ2n) is 3.52. The highest BCUT2D eigenvalue weighted by Gasteiger charge is 2.07. The number of nitriles is 1. The summed E-state index contributed by atoms with van der Waals surface area (Å²) in [4.78, 5) is 12.2. The summed E-state index contributed by atoms with van der Waals surface area (Å²) >= 11 is 6.99. The molecule has 0 heterocycles. The van der Waals surface area contributed by atoms with Crippen LogP contribution in [0.2, 0.25) is 0 Å². The Hall–Kier alpha value is -1.18. The van der Waals surface area contributed by atoms with Crippen LogP contribution in [0.4, 0.5) is 5.69 Å². The molecule has 0 unspecified atom stereocenters. The van der Waals surface area contributed by atoms with Gasteiger partial charge in [0, 0.05) is 10.6 Å². The Morgan fingerprint density at radius 1 is 1.59 bits per heavy atom. The highest BCUT2D eigenvalue weighted by atomic mass is 35.5. The molecule has 0 bridgehead atoms. The number of alkyl halides is 1. The smallest absolute Gasteiger partial charge is 0.239 e. The van der Waals surface area contributed by atoms with Gasteiger partial charge in [0.25, 0.3) is 0 Å². The van der Waals surface area contributed by atoms with Crippen LogP contribution in [-0.2, 0) is 4.79 Å². The van der Waals surface area contributed by atoms with Gasteiger partial charge in [0.15, 0.2) is 0 Å². The minimum absolute atomic E-state index is 0.0169. The average Bonchev–Trinajstić information content (AvgIpc) is 2.37. The number of halogens is 1. The van der Waals surface area contributed by atoms with Crippen LogP contribution in [0, 0.1) is 17.2 Å². The van der Waals surface area contributed by atoms with Crippen molar-refractivity contribution in [3.05, 3.63) is 24.3 Å². The van der Waals surface area contributed by atoms with Crippen LogP contribution in [0.1, 0.15) is 6.92 Å². The van der Waals surface area contributed by atoms with Gasteiger partial charge >= 0.3 is 0 Å². The number of anilines is 1. The summed E-state index contributed by atoms with van der Waals surface area (Å²) in [7, 11) is 0. The zero-order valence-corrected chi connectivity index (χ0v) is 11.0. The third-order valence-electron chi connectivity index (χ3n) is 1.99. The Balaban J connectivity index is 2.71. The van der Waals surface area contributed by atoms with Gasteiger partial charge in [-0.1, -0.05) is 12.1 Å². The Morgan fingerprint density at radius 2 is 2.29 bits per heavy atom. The number of hydrogen-bond donors (Lipinski definition) is 1. The maximum atomic E-state index is 11.2. The van der Waals surface area contributed by atoms with Crippen LogP contribution in [0.5, 0.6) is 0 Å². The van der Waals surface area contributed by atoms with Crippen molar-refractivity contribution in [1.29, 1.82) is 5.26 Å². The molecule has 0 saturated carbocycles. The fourth-order valence-corrected chi connectivity index (χ4v) is 2.15. The predicted molar refractivity (Wildman–Crippen MR) is 71.3 cm³/mol. The van der Waals surface area contributed by atoms with Crippen molar-refractivity contribution in [2.24, 2.45) is 5.92 Å². The lowest BCUT2D eigenvalue weighted by Crippen LogP contribution is -2.13. The number of carbonyl (C=O) groups is 1. The van der Waals surface area contributed by atoms with Crippen LogP contribution < -0.4 is 5.32 Å². The van der Waals surface area contributed by atoms with Gasteiger partial charge in [-0.25, -0.2) is 0 Å². The van der Waals surface area contributed by atoms with E-state index in [1.807, 2.05) is 31.2 Å². The molecular formula is C12H13ClN2OS. The van der Waals surface area contributed by atoms with Gasteiger partial charge in [0.05, 0.1) is 17.7 Å². The summed E-state index contributed by atoms with van der Waals surface area (Å²) in [5.74, 6) is 0.391. The van der Waals surface area contributed by atoms with Crippen molar-refractivity contribution >= 4 is 35.0 Å². The molecule has 0 radical (unpaired) electrons. The topological polar surface area (TPSA) is 52.9 Å². The third kappa shape index (κ3) is 4.68. The van der Waals surface area contributed by atoms with Crippen LogP contribution in [0.25, 0.3) is 0 Å². The first-order valence-corrected chi connectivity index (χ1v) is 6.66. The second-order valence-corrected chi connectivity index (χ2v) is 4.85. The summed E-state index contributed by atoms with van der Waals surface area (Å²) < 4.78 is 0. The van der Waals surface area contributed by atoms with Gasteiger partial charge in [-0.15, -0.1) is 23.4 Å². The SMILES string of the molecule is C[C@H](C#N)CSc1ccccc1NC(=O)CCl. The van der Waals surface area contributed by atoms with Gasteiger partial charge in [-0.2, -0.15) is 5.26 Å². The van der Waals surface area contributed by atoms with Gasteiger partial charge in [-0.3, -0.25) is 4.79 Å². The first kappa shape index (κ1) is 13.9. The Labute approximate surface area is 110 Å². The number of amides is 1. The Morgan fingerprint density at radius 3 is 2.94 bits per heavy atom. The summed E-state index contributed by atoms with van der Waals surface area (Å²) in [5, 5.41) is 11.4. The fourth-order valence-electron chi connectivity index (χ4n) is 1.13. The lowest BCUT2D eigenvalue weighted by molar-refractivity contribution is -0.113. The number of benzene rings is 1. The molecule has 1 rings (SSSR count). The first-order valence-electron chi connectivity index (χ1n) is 5.14. The van der Waals surface area contributed by atoms with Crippen molar-refractivity contribution in [2.45, 2.75) is 11.8 Å². The molecule has 0 aliphatic carbocycles. The van der Waals surface area contributed by atoms with Crippen molar-refractivity contribution < 1.29 is 4.79 Å². The lowest BCUT2D eigenvalue weighted by atomic mass is 10.3. The Kier molecular flexibility index (Phi) is 5.88. The van der Waals surface area contributed by atoms with Gasteiger partial charge in [-0.05, 0) is 19.1 Å². The van der Waals surface area contributed by atoms with Crippen molar-refractivity contribution in [3.63, 3.8) is 0 Å². The molecule has 0 fully saturated rings. The van der Waals surface area contributed by atoms with E-state index in [1.54, 1.807) is 11.8 Å². The van der Waals surface area contributed by atoms with Crippen LogP contribution in [0.3, 0.4) is 0 Å². The third-order valence-corrected chi connectivity index (χ3v) is 3.57. The van der Waals surface area contributed by atoms with E-state index in [-0.39, 0.29) is 17.7 Å². The van der Waals surface area contributed by atoms with Gasteiger partial charge in [0.2, 0.25) is 5.91 Å². The minimum Gasteiger partial charge on any atom is -0.324 e. The van der Waals surface area contributed by atoms with E-state index in [0.717, 1.165) is 10.6 Å². The van der Waals surface area contributed by atoms with Crippen LogP contribution in [-0.4, -0.2) is 17.5 Å². The largest absolute Gasteiger partial charge is 0.324 e. The van der Waals surface area contributed by atoms with Crippen LogP contribution in [0.15, 0.2) is 29.2 Å². The lowest BCUT2D eigenvalue weighted by Gasteiger charge is -2.10. The van der Waals surface area contributed by atoms with Crippen LogP contribution >= 0.6 is 23.4 Å². The summed E-state index contributed by atoms with van der Waals surface area (Å²) in [6, 6.07) is 9.66. The summed E-state index contributed by atoms with van der Waals surface area (Å²) in [6.45, 7) is 1.87. The van der Waals surface area contributed by atoms with Gasteiger partial charge < -0.3 is 5.32 Å². The molecule has 1 aromatic rings. The zero-order chi connectivity index (χ0) is 12.7. The highest BCUT2D eigenvalue weighted by molar-refractivity contribution is 7.99. The van der Waals surface area contributed by atoms with Crippen molar-refractivity contribution in [2.75, 3.05) is 16.9 Å². The van der Waals surface area contributed by atoms with E-state index in [2.05, 4.69) is 11.4 Å². The number of nitrogens with zero attached hydrogens (tertiary/aromatic N) is 1. The van der Waals surface area contributed by atoms with E-state index >= 15 is 0 Å². The molecule has 1 amide bonds. The van der Waals surface area contributed by atoms with Crippen molar-refractivity contribution in [3.8, 4) is 6.07 Å². The zero-order valence-electron chi connectivity index (χ0n) is 9.44. The number of carbonyl (C=O) groups excluding carboxylic acids is 1. The molecule has 17 heavy (non-hydrogen) atoms. The number of hydrogen-bond acceptors (Lipinski definition) is 3. The molecule has 0 aliphatic heterocycles. The maximum Gasteiger partial charge on any atom is 0.239 e. The molecule has 3 nitrogen and oxygen atoms in total. The molecule has 0 spiro atoms. The molecule has 1 N–H and O–H groups in total. The van der Waals surface area contributed by atoms with E-state index < -0.39 is 0 Å². The molecule has 0 aromatic heterocycles. The molecule has 5 heteroatoms. The molecule has 1 atom stereocenters. The molecule has 1 aromatic carbocycles. The van der Waals surface area contributed by atoms with E-state index in [9.17, 15) is 4.79 Å². The fraction of sp³-hybridized carbons (Fsp3) is 0.333. The first-order chi connectivity index (χ1) is 8.17. The minimum atomic E-state index is -0.229. The predicted octanol–water partition coefficient (Wildman–Crippen LogP) is 3.12. The number of rotatable bonds is 5. The monoisotopic (exact) mass is 268 g/mol. The summed E-state index contributed by atoms with van der Waals surface area (Å²) in [6.07, 6.45) is 0. The second kappa shape index (κ2) is 7.21. The average molecular weight is 269 g/mol. The number of nitrogens with one attached hydrogen (secondary N) is 1. The quantitative estimate of drug-likeness (QED) is 0.659. The molecule has 90 valence electrons. The van der Waals surface area contributed by atoms with E-state index in [1.165, 1.54) is 0 Å². The van der Waals surface area contributed by atoms with Gasteiger partial charge in [0.1, 0.15) is 5.88 Å². The highest BCUT2D eigenvalue weighted by Crippen LogP contribution is 2.28. The standard InChI is InChI=1S/C12H13ClN2OS/c1-9(7-14)8-17-11-5-3-2-4-10(11)15-12(16)6-13/h2-5,9H,6,8H2,1H3,(H,15,16)/t9-/m1/s1. The maximum absolute atomic E-state index is 11.2.